The van der Waals surface area contributed by atoms with Crippen molar-refractivity contribution in [3.05, 3.63) is 45.8 Å². The number of hydrogen-bond acceptors (Lipinski definition) is 4. The number of hydrogen-bond donors (Lipinski definition) is 1. The van der Waals surface area contributed by atoms with Crippen molar-refractivity contribution in [1.82, 2.24) is 10.5 Å². The van der Waals surface area contributed by atoms with E-state index in [9.17, 15) is 4.79 Å². The molecule has 25 heavy (non-hydrogen) atoms. The molecular weight excluding hydrogens is 382 g/mol. The van der Waals surface area contributed by atoms with E-state index in [0.717, 1.165) is 41.0 Å². The van der Waals surface area contributed by atoms with Crippen molar-refractivity contribution in [1.29, 1.82) is 0 Å². The zero-order chi connectivity index (χ0) is 18.0. The topological polar surface area (TPSA) is 58.4 Å². The first-order chi connectivity index (χ1) is 12.0. The molecule has 2 atom stereocenters. The van der Waals surface area contributed by atoms with Crippen molar-refractivity contribution in [2.45, 2.75) is 33.1 Å². The van der Waals surface area contributed by atoms with Gasteiger partial charge >= 0.3 is 0 Å². The Kier molecular flexibility index (Phi) is 5.47. The highest BCUT2D eigenvalue weighted by molar-refractivity contribution is 9.10. The molecule has 0 radical (unpaired) electrons. The van der Waals surface area contributed by atoms with Gasteiger partial charge in [0.15, 0.2) is 0 Å². The number of rotatable bonds is 5. The lowest BCUT2D eigenvalue weighted by atomic mass is 9.98. The Morgan fingerprint density at radius 2 is 2.28 bits per heavy atom. The number of carbonyl (C=O) groups excluding carboxylic acids is 1. The number of halogens is 1. The third-order valence-electron chi connectivity index (χ3n) is 4.94. The summed E-state index contributed by atoms with van der Waals surface area (Å²) in [6.45, 7) is 8.34. The quantitative estimate of drug-likeness (QED) is 0.821. The van der Waals surface area contributed by atoms with E-state index in [4.69, 9.17) is 4.52 Å². The van der Waals surface area contributed by atoms with Crippen LogP contribution < -0.4 is 10.2 Å². The van der Waals surface area contributed by atoms with Gasteiger partial charge in [-0.05, 0) is 51.3 Å². The lowest BCUT2D eigenvalue weighted by molar-refractivity contribution is -0.122. The van der Waals surface area contributed by atoms with Gasteiger partial charge in [-0.2, -0.15) is 0 Å². The second-order valence-electron chi connectivity index (χ2n) is 6.79. The number of benzene rings is 1. The molecule has 1 fully saturated rings. The Morgan fingerprint density at radius 1 is 1.48 bits per heavy atom. The van der Waals surface area contributed by atoms with Gasteiger partial charge in [0.25, 0.3) is 0 Å². The SMILES string of the molecule is Cc1noc(C)c1C(C)C(=O)NCC1CCN(c2cccc(Br)c2)C1. The molecule has 1 aliphatic rings. The Bertz CT molecular complexity index is 739. The average Bonchev–Trinajstić information content (AvgIpc) is 3.19. The molecule has 1 amide bonds. The zero-order valence-electron chi connectivity index (χ0n) is 14.9. The maximum absolute atomic E-state index is 12.5. The first-order valence-corrected chi connectivity index (χ1v) is 9.46. The van der Waals surface area contributed by atoms with Gasteiger partial charge in [0.05, 0.1) is 11.6 Å². The zero-order valence-corrected chi connectivity index (χ0v) is 16.5. The van der Waals surface area contributed by atoms with E-state index < -0.39 is 0 Å². The van der Waals surface area contributed by atoms with E-state index in [1.165, 1.54) is 5.69 Å². The van der Waals surface area contributed by atoms with Crippen molar-refractivity contribution in [3.8, 4) is 0 Å². The molecule has 134 valence electrons. The van der Waals surface area contributed by atoms with E-state index in [0.29, 0.717) is 12.5 Å². The van der Waals surface area contributed by atoms with Gasteiger partial charge in [-0.25, -0.2) is 0 Å². The summed E-state index contributed by atoms with van der Waals surface area (Å²) in [5.41, 5.74) is 2.92. The predicted molar refractivity (Wildman–Crippen MR) is 102 cm³/mol. The van der Waals surface area contributed by atoms with Gasteiger partial charge in [-0.3, -0.25) is 4.79 Å². The van der Waals surface area contributed by atoms with E-state index in [-0.39, 0.29) is 11.8 Å². The number of nitrogens with zero attached hydrogens (tertiary/aromatic N) is 2. The molecule has 0 saturated carbocycles. The van der Waals surface area contributed by atoms with Crippen LogP contribution in [-0.2, 0) is 4.79 Å². The highest BCUT2D eigenvalue weighted by Gasteiger charge is 2.26. The maximum Gasteiger partial charge on any atom is 0.227 e. The van der Waals surface area contributed by atoms with Gasteiger partial charge in [0, 0.05) is 35.4 Å². The molecule has 1 N–H and O–H groups in total. The number of carbonyl (C=O) groups is 1. The number of nitrogens with one attached hydrogen (secondary N) is 1. The minimum atomic E-state index is -0.242. The van der Waals surface area contributed by atoms with Crippen LogP contribution in [0.1, 0.15) is 36.3 Å². The van der Waals surface area contributed by atoms with Gasteiger partial charge < -0.3 is 14.7 Å². The third-order valence-corrected chi connectivity index (χ3v) is 5.43. The van der Waals surface area contributed by atoms with E-state index in [1.54, 1.807) is 0 Å². The third kappa shape index (κ3) is 4.06. The summed E-state index contributed by atoms with van der Waals surface area (Å²) in [4.78, 5) is 14.9. The summed E-state index contributed by atoms with van der Waals surface area (Å²) < 4.78 is 6.27. The van der Waals surface area contributed by atoms with Crippen molar-refractivity contribution >= 4 is 27.5 Å². The summed E-state index contributed by atoms with van der Waals surface area (Å²) >= 11 is 3.52. The molecule has 1 aromatic carbocycles. The number of aromatic nitrogens is 1. The molecule has 1 aromatic heterocycles. The molecule has 0 spiro atoms. The predicted octanol–water partition coefficient (Wildman–Crippen LogP) is 3.80. The lowest BCUT2D eigenvalue weighted by Gasteiger charge is -2.19. The summed E-state index contributed by atoms with van der Waals surface area (Å²) in [6.07, 6.45) is 1.09. The smallest absolute Gasteiger partial charge is 0.227 e. The minimum Gasteiger partial charge on any atom is -0.371 e. The van der Waals surface area contributed by atoms with Crippen LogP contribution in [-0.4, -0.2) is 30.7 Å². The van der Waals surface area contributed by atoms with Crippen LogP contribution in [0.2, 0.25) is 0 Å². The molecule has 2 aromatic rings. The van der Waals surface area contributed by atoms with Gasteiger partial charge in [-0.1, -0.05) is 27.2 Å². The molecule has 2 unspecified atom stereocenters. The van der Waals surface area contributed by atoms with E-state index in [1.807, 2.05) is 26.8 Å². The fraction of sp³-hybridized carbons (Fsp3) is 0.474. The Hall–Kier alpha value is -1.82. The summed E-state index contributed by atoms with van der Waals surface area (Å²) in [7, 11) is 0. The second kappa shape index (κ2) is 7.60. The Labute approximate surface area is 156 Å². The number of amides is 1. The standard InChI is InChI=1S/C19H24BrN3O2/c1-12(18-13(2)22-25-14(18)3)19(24)21-10-15-7-8-23(11-15)17-6-4-5-16(20)9-17/h4-6,9,12,15H,7-8,10-11H2,1-3H3,(H,21,24). The molecule has 0 bridgehead atoms. The molecule has 0 aliphatic carbocycles. The Morgan fingerprint density at radius 3 is 2.96 bits per heavy atom. The van der Waals surface area contributed by atoms with Crippen molar-refractivity contribution in [3.63, 3.8) is 0 Å². The second-order valence-corrected chi connectivity index (χ2v) is 7.70. The fourth-order valence-electron chi connectivity index (χ4n) is 3.54. The molecule has 5 nitrogen and oxygen atoms in total. The van der Waals surface area contributed by atoms with Crippen LogP contribution >= 0.6 is 15.9 Å². The lowest BCUT2D eigenvalue weighted by Crippen LogP contribution is -2.34. The summed E-state index contributed by atoms with van der Waals surface area (Å²) in [5, 5.41) is 7.05. The van der Waals surface area contributed by atoms with E-state index in [2.05, 4.69) is 49.5 Å². The first kappa shape index (κ1) is 18.0. The molecular formula is C19H24BrN3O2. The van der Waals surface area contributed by atoms with E-state index >= 15 is 0 Å². The van der Waals surface area contributed by atoms with Crippen LogP contribution in [0.25, 0.3) is 0 Å². The Balaban J connectivity index is 1.53. The van der Waals surface area contributed by atoms with Crippen LogP contribution in [0.4, 0.5) is 5.69 Å². The fourth-order valence-corrected chi connectivity index (χ4v) is 3.93. The molecule has 6 heteroatoms. The highest BCUT2D eigenvalue weighted by Crippen LogP contribution is 2.27. The maximum atomic E-state index is 12.5. The van der Waals surface area contributed by atoms with Crippen LogP contribution in [0.15, 0.2) is 33.3 Å². The largest absolute Gasteiger partial charge is 0.371 e. The summed E-state index contributed by atoms with van der Waals surface area (Å²) in [6, 6.07) is 8.36. The number of anilines is 1. The summed E-state index contributed by atoms with van der Waals surface area (Å²) in [5.74, 6) is 0.991. The monoisotopic (exact) mass is 405 g/mol. The number of aryl methyl sites for hydroxylation is 2. The van der Waals surface area contributed by atoms with Gasteiger partial charge in [0.2, 0.25) is 5.91 Å². The van der Waals surface area contributed by atoms with Gasteiger partial charge in [0.1, 0.15) is 5.76 Å². The van der Waals surface area contributed by atoms with Gasteiger partial charge in [-0.15, -0.1) is 0 Å². The average molecular weight is 406 g/mol. The molecule has 2 heterocycles. The molecule has 1 saturated heterocycles. The molecule has 1 aliphatic heterocycles. The van der Waals surface area contributed by atoms with Crippen LogP contribution in [0.5, 0.6) is 0 Å². The normalized spacial score (nSPS) is 18.4. The van der Waals surface area contributed by atoms with Crippen molar-refractivity contribution in [2.24, 2.45) is 5.92 Å². The molecule has 3 rings (SSSR count). The van der Waals surface area contributed by atoms with Crippen LogP contribution in [0, 0.1) is 19.8 Å². The first-order valence-electron chi connectivity index (χ1n) is 8.66. The minimum absolute atomic E-state index is 0.0373. The highest BCUT2D eigenvalue weighted by atomic mass is 79.9. The van der Waals surface area contributed by atoms with Crippen LogP contribution in [0.3, 0.4) is 0 Å². The van der Waals surface area contributed by atoms with Crippen molar-refractivity contribution in [2.75, 3.05) is 24.5 Å². The van der Waals surface area contributed by atoms with Crippen molar-refractivity contribution < 1.29 is 9.32 Å².